The van der Waals surface area contributed by atoms with Crippen LogP contribution in [0.15, 0.2) is 42.9 Å². The first kappa shape index (κ1) is 15.5. The molecule has 0 amide bonds. The van der Waals surface area contributed by atoms with Crippen molar-refractivity contribution in [2.45, 2.75) is 6.92 Å². The Balaban J connectivity index is 1.91. The average Bonchev–Trinajstić information content (AvgIpc) is 3.18. The van der Waals surface area contributed by atoms with Crippen LogP contribution in [0.1, 0.15) is 16.2 Å². The Morgan fingerprint density at radius 3 is 2.84 bits per heavy atom. The van der Waals surface area contributed by atoms with Gasteiger partial charge in [-0.1, -0.05) is 0 Å². The van der Waals surface area contributed by atoms with Crippen molar-refractivity contribution in [3.63, 3.8) is 0 Å². The summed E-state index contributed by atoms with van der Waals surface area (Å²) < 4.78 is 1.77. The van der Waals surface area contributed by atoms with Crippen LogP contribution in [-0.2, 0) is 7.05 Å². The number of pyridine rings is 2. The van der Waals surface area contributed by atoms with Crippen LogP contribution in [0.3, 0.4) is 0 Å². The van der Waals surface area contributed by atoms with E-state index >= 15 is 0 Å². The van der Waals surface area contributed by atoms with Crippen molar-refractivity contribution >= 4 is 28.2 Å². The maximum atomic E-state index is 11.7. The lowest BCUT2D eigenvalue weighted by molar-refractivity contribution is 0.0692. The number of carboxylic acids is 1. The highest BCUT2D eigenvalue weighted by molar-refractivity contribution is 7.18. The quantitative estimate of drug-likeness (QED) is 0.608. The number of aromatic carboxylic acids is 1. The Labute approximate surface area is 147 Å². The maximum absolute atomic E-state index is 11.7. The van der Waals surface area contributed by atoms with Crippen LogP contribution in [0.2, 0.25) is 0 Å². The maximum Gasteiger partial charge on any atom is 0.356 e. The number of aryl methyl sites for hydroxylation is 2. The molecule has 0 unspecified atom stereocenters. The molecule has 1 N–H and O–H groups in total. The van der Waals surface area contributed by atoms with Crippen molar-refractivity contribution in [2.75, 3.05) is 0 Å². The molecule has 0 atom stereocenters. The second-order valence-corrected chi connectivity index (χ2v) is 6.70. The van der Waals surface area contributed by atoms with E-state index in [4.69, 9.17) is 0 Å². The fourth-order valence-electron chi connectivity index (χ4n) is 2.83. The van der Waals surface area contributed by atoms with Crippen LogP contribution in [0.25, 0.3) is 32.0 Å². The number of carbonyl (C=O) groups is 1. The minimum absolute atomic E-state index is 0.0516. The minimum Gasteiger partial charge on any atom is -0.476 e. The van der Waals surface area contributed by atoms with E-state index in [1.54, 1.807) is 17.0 Å². The topological polar surface area (TPSA) is 80.9 Å². The van der Waals surface area contributed by atoms with Crippen molar-refractivity contribution in [3.05, 3.63) is 54.2 Å². The molecule has 0 aliphatic carbocycles. The zero-order valence-corrected chi connectivity index (χ0v) is 14.4. The van der Waals surface area contributed by atoms with Crippen LogP contribution in [0, 0.1) is 6.92 Å². The molecule has 7 heteroatoms. The summed E-state index contributed by atoms with van der Waals surface area (Å²) in [5, 5.41) is 11.2. The Kier molecular flexibility index (Phi) is 3.58. The van der Waals surface area contributed by atoms with Gasteiger partial charge in [0.2, 0.25) is 0 Å². The van der Waals surface area contributed by atoms with Crippen molar-refractivity contribution in [2.24, 2.45) is 7.05 Å². The summed E-state index contributed by atoms with van der Waals surface area (Å²) >= 11 is 1.49. The average molecular weight is 350 g/mol. The fraction of sp³-hybridized carbons (Fsp3) is 0.111. The van der Waals surface area contributed by atoms with E-state index in [-0.39, 0.29) is 5.69 Å². The molecular formula is C18H14N4O2S. The van der Waals surface area contributed by atoms with Crippen molar-refractivity contribution < 1.29 is 9.90 Å². The van der Waals surface area contributed by atoms with Crippen molar-refractivity contribution in [1.82, 2.24) is 19.5 Å². The normalized spacial score (nSPS) is 11.1. The summed E-state index contributed by atoms with van der Waals surface area (Å²) in [5.74, 6) is -1.04. The van der Waals surface area contributed by atoms with Gasteiger partial charge in [-0.05, 0) is 31.2 Å². The number of rotatable bonds is 3. The van der Waals surface area contributed by atoms with E-state index in [1.807, 2.05) is 44.4 Å². The van der Waals surface area contributed by atoms with Gasteiger partial charge in [0.05, 0.1) is 21.8 Å². The van der Waals surface area contributed by atoms with E-state index in [9.17, 15) is 9.90 Å². The molecule has 4 aromatic rings. The molecule has 4 aromatic heterocycles. The Morgan fingerprint density at radius 1 is 1.28 bits per heavy atom. The van der Waals surface area contributed by atoms with Crippen LogP contribution in [0.4, 0.5) is 0 Å². The number of carboxylic acid groups (broad SMARTS) is 1. The standard InChI is InChI=1S/C18H14N4O2S/c1-10-16(25-17(20-10)12-4-3-6-19-9-12)13-8-11-5-7-22(2)15(11)14(21-13)18(23)24/h3-9H,1-2H3,(H,23,24). The van der Waals surface area contributed by atoms with Crippen LogP contribution >= 0.6 is 11.3 Å². The van der Waals surface area contributed by atoms with Gasteiger partial charge in [0.15, 0.2) is 5.69 Å². The molecule has 0 aliphatic heterocycles. The van der Waals surface area contributed by atoms with E-state index < -0.39 is 5.97 Å². The highest BCUT2D eigenvalue weighted by Gasteiger charge is 2.19. The van der Waals surface area contributed by atoms with Gasteiger partial charge in [0, 0.05) is 36.6 Å². The number of fused-ring (bicyclic) bond motifs is 1. The molecule has 0 radical (unpaired) electrons. The highest BCUT2D eigenvalue weighted by Crippen LogP contribution is 2.35. The Morgan fingerprint density at radius 2 is 2.12 bits per heavy atom. The number of hydrogen-bond acceptors (Lipinski definition) is 5. The predicted molar refractivity (Wildman–Crippen MR) is 96.7 cm³/mol. The van der Waals surface area contributed by atoms with Gasteiger partial charge in [-0.3, -0.25) is 4.98 Å². The molecule has 0 saturated carbocycles. The third kappa shape index (κ3) is 2.58. The second kappa shape index (κ2) is 5.78. The number of hydrogen-bond donors (Lipinski definition) is 1. The first-order chi connectivity index (χ1) is 12.0. The van der Waals surface area contributed by atoms with Gasteiger partial charge in [0.25, 0.3) is 0 Å². The number of aromatic nitrogens is 4. The summed E-state index contributed by atoms with van der Waals surface area (Å²) in [5.41, 5.74) is 3.05. The fourth-order valence-corrected chi connectivity index (χ4v) is 3.85. The van der Waals surface area contributed by atoms with Gasteiger partial charge in [-0.25, -0.2) is 14.8 Å². The number of thiazole rings is 1. The molecule has 6 nitrogen and oxygen atoms in total. The smallest absolute Gasteiger partial charge is 0.356 e. The molecule has 0 saturated heterocycles. The van der Waals surface area contributed by atoms with Gasteiger partial charge < -0.3 is 9.67 Å². The van der Waals surface area contributed by atoms with E-state index in [2.05, 4.69) is 15.0 Å². The lowest BCUT2D eigenvalue weighted by atomic mass is 10.2. The number of nitrogens with zero attached hydrogens (tertiary/aromatic N) is 4. The Bertz CT molecular complexity index is 1100. The van der Waals surface area contributed by atoms with Crippen molar-refractivity contribution in [3.8, 4) is 21.1 Å². The third-order valence-electron chi connectivity index (χ3n) is 3.99. The van der Waals surface area contributed by atoms with E-state index in [0.29, 0.717) is 11.2 Å². The molecule has 0 aliphatic rings. The molecule has 4 rings (SSSR count). The molecule has 4 heterocycles. The largest absolute Gasteiger partial charge is 0.476 e. The lowest BCUT2D eigenvalue weighted by Gasteiger charge is -2.05. The van der Waals surface area contributed by atoms with E-state index in [1.165, 1.54) is 11.3 Å². The van der Waals surface area contributed by atoms with Gasteiger partial charge in [-0.2, -0.15) is 0 Å². The zero-order chi connectivity index (χ0) is 17.6. The lowest BCUT2D eigenvalue weighted by Crippen LogP contribution is -2.05. The summed E-state index contributed by atoms with van der Waals surface area (Å²) in [6, 6.07) is 7.62. The molecule has 0 spiro atoms. The van der Waals surface area contributed by atoms with Gasteiger partial charge in [-0.15, -0.1) is 11.3 Å². The SMILES string of the molecule is Cc1nc(-c2cccnc2)sc1-c1cc2ccn(C)c2c(C(=O)O)n1. The minimum atomic E-state index is -1.04. The molecule has 124 valence electrons. The van der Waals surface area contributed by atoms with Crippen LogP contribution in [-0.4, -0.2) is 30.6 Å². The first-order valence-electron chi connectivity index (χ1n) is 7.62. The molecule has 0 fully saturated rings. The monoisotopic (exact) mass is 350 g/mol. The van der Waals surface area contributed by atoms with Crippen molar-refractivity contribution in [1.29, 1.82) is 0 Å². The summed E-state index contributed by atoms with van der Waals surface area (Å²) in [4.78, 5) is 25.7. The van der Waals surface area contributed by atoms with Crippen LogP contribution < -0.4 is 0 Å². The highest BCUT2D eigenvalue weighted by atomic mass is 32.1. The first-order valence-corrected chi connectivity index (χ1v) is 8.44. The summed E-state index contributed by atoms with van der Waals surface area (Å²) in [7, 11) is 1.81. The summed E-state index contributed by atoms with van der Waals surface area (Å²) in [6.07, 6.45) is 5.32. The molecule has 0 bridgehead atoms. The Hall–Kier alpha value is -3.06. The molecule has 25 heavy (non-hydrogen) atoms. The molecule has 0 aromatic carbocycles. The third-order valence-corrected chi connectivity index (χ3v) is 5.22. The summed E-state index contributed by atoms with van der Waals surface area (Å²) in [6.45, 7) is 1.91. The van der Waals surface area contributed by atoms with E-state index in [0.717, 1.165) is 26.5 Å². The van der Waals surface area contributed by atoms with Crippen LogP contribution in [0.5, 0.6) is 0 Å². The van der Waals surface area contributed by atoms with Gasteiger partial charge in [0.1, 0.15) is 5.01 Å². The second-order valence-electron chi connectivity index (χ2n) is 5.70. The van der Waals surface area contributed by atoms with Gasteiger partial charge >= 0.3 is 5.97 Å². The zero-order valence-electron chi connectivity index (χ0n) is 13.6. The predicted octanol–water partition coefficient (Wildman–Crippen LogP) is 3.77. The molecular weight excluding hydrogens is 336 g/mol.